The average molecular weight is 470 g/mol. The molecule has 8 heteroatoms. The van der Waals surface area contributed by atoms with Gasteiger partial charge in [0.15, 0.2) is 11.6 Å². The van der Waals surface area contributed by atoms with Gasteiger partial charge in [0.1, 0.15) is 0 Å². The van der Waals surface area contributed by atoms with E-state index in [9.17, 15) is 4.79 Å². The van der Waals surface area contributed by atoms with Crippen molar-refractivity contribution in [3.63, 3.8) is 0 Å². The van der Waals surface area contributed by atoms with Crippen molar-refractivity contribution in [1.29, 1.82) is 0 Å². The van der Waals surface area contributed by atoms with E-state index in [2.05, 4.69) is 10.2 Å². The third kappa shape index (κ3) is 4.34. The Morgan fingerprint density at radius 3 is 2.34 bits per heavy atom. The van der Waals surface area contributed by atoms with Gasteiger partial charge in [0.05, 0.1) is 21.6 Å². The van der Waals surface area contributed by atoms with Crippen LogP contribution in [0.4, 0.5) is 11.6 Å². The first-order valence-corrected chi connectivity index (χ1v) is 11.9. The quantitative estimate of drug-likeness (QED) is 0.564. The molecule has 1 aliphatic carbocycles. The number of carbonyl (C=O) groups excluding carboxylic acids is 1. The molecule has 32 heavy (non-hydrogen) atoms. The van der Waals surface area contributed by atoms with Crippen molar-refractivity contribution < 1.29 is 4.79 Å². The van der Waals surface area contributed by atoms with E-state index >= 15 is 0 Å². The van der Waals surface area contributed by atoms with Crippen LogP contribution in [-0.2, 0) is 0 Å². The van der Waals surface area contributed by atoms with Crippen molar-refractivity contribution in [1.82, 2.24) is 14.9 Å². The molecule has 1 N–H and O–H groups in total. The first-order chi connectivity index (χ1) is 15.6. The number of halogens is 2. The van der Waals surface area contributed by atoms with Crippen LogP contribution in [0.15, 0.2) is 42.5 Å². The molecule has 0 unspecified atom stereocenters. The molecule has 1 saturated heterocycles. The summed E-state index contributed by atoms with van der Waals surface area (Å²) in [5.74, 6) is 1.61. The number of hydrogen-bond acceptors (Lipinski definition) is 5. The van der Waals surface area contributed by atoms with Gasteiger partial charge in [0.2, 0.25) is 0 Å². The van der Waals surface area contributed by atoms with Crippen molar-refractivity contribution in [2.24, 2.45) is 0 Å². The number of piperazine rings is 1. The Bertz CT molecular complexity index is 1140. The van der Waals surface area contributed by atoms with Gasteiger partial charge >= 0.3 is 0 Å². The number of carbonyl (C=O) groups is 1. The fraction of sp³-hybridized carbons (Fsp3) is 0.375. The number of aromatic nitrogens is 2. The lowest BCUT2D eigenvalue weighted by Crippen LogP contribution is -2.49. The fourth-order valence-electron chi connectivity index (χ4n) is 4.52. The van der Waals surface area contributed by atoms with Crippen LogP contribution in [0.25, 0.3) is 11.0 Å². The largest absolute Gasteiger partial charge is 0.364 e. The van der Waals surface area contributed by atoms with E-state index in [0.717, 1.165) is 35.5 Å². The monoisotopic (exact) mass is 469 g/mol. The van der Waals surface area contributed by atoms with Gasteiger partial charge in [-0.2, -0.15) is 0 Å². The maximum absolute atomic E-state index is 13.0. The minimum absolute atomic E-state index is 0.0916. The van der Waals surface area contributed by atoms with Crippen LogP contribution in [0.1, 0.15) is 36.0 Å². The predicted octanol–water partition coefficient (Wildman–Crippen LogP) is 5.25. The molecule has 2 aliphatic rings. The highest BCUT2D eigenvalue weighted by Crippen LogP contribution is 2.30. The molecule has 0 atom stereocenters. The Morgan fingerprint density at radius 1 is 0.938 bits per heavy atom. The molecule has 1 amide bonds. The van der Waals surface area contributed by atoms with Crippen LogP contribution >= 0.6 is 23.2 Å². The molecule has 1 saturated carbocycles. The average Bonchev–Trinajstić information content (AvgIpc) is 3.33. The molecule has 2 fully saturated rings. The number of anilines is 2. The summed E-state index contributed by atoms with van der Waals surface area (Å²) in [6.07, 6.45) is 4.83. The number of amides is 1. The smallest absolute Gasteiger partial charge is 0.255 e. The minimum Gasteiger partial charge on any atom is -0.364 e. The maximum atomic E-state index is 13.0. The van der Waals surface area contributed by atoms with Gasteiger partial charge in [0.25, 0.3) is 5.91 Å². The number of fused-ring (bicyclic) bond motifs is 1. The summed E-state index contributed by atoms with van der Waals surface area (Å²) in [6.45, 7) is 2.52. The van der Waals surface area contributed by atoms with Crippen molar-refractivity contribution >= 4 is 51.8 Å². The van der Waals surface area contributed by atoms with Gasteiger partial charge in [-0.05, 0) is 43.2 Å². The maximum Gasteiger partial charge on any atom is 0.255 e. The third-order valence-corrected chi connectivity index (χ3v) is 6.84. The lowest BCUT2D eigenvalue weighted by molar-refractivity contribution is 0.0747. The lowest BCUT2D eigenvalue weighted by Gasteiger charge is -2.36. The second kappa shape index (κ2) is 9.12. The fourth-order valence-corrected chi connectivity index (χ4v) is 4.90. The van der Waals surface area contributed by atoms with E-state index in [1.54, 1.807) is 18.2 Å². The van der Waals surface area contributed by atoms with Crippen LogP contribution in [0.2, 0.25) is 10.0 Å². The van der Waals surface area contributed by atoms with E-state index in [4.69, 9.17) is 33.2 Å². The van der Waals surface area contributed by atoms with Gasteiger partial charge in [-0.15, -0.1) is 0 Å². The second-order valence-electron chi connectivity index (χ2n) is 8.41. The zero-order valence-electron chi connectivity index (χ0n) is 17.7. The zero-order chi connectivity index (χ0) is 22.1. The number of benzene rings is 2. The van der Waals surface area contributed by atoms with Crippen molar-refractivity contribution in [3.8, 4) is 0 Å². The summed E-state index contributed by atoms with van der Waals surface area (Å²) in [4.78, 5) is 26.9. The minimum atomic E-state index is -0.0916. The second-order valence-corrected chi connectivity index (χ2v) is 9.26. The molecule has 5 rings (SSSR count). The molecule has 6 nitrogen and oxygen atoms in total. The van der Waals surface area contributed by atoms with E-state index in [1.165, 1.54) is 12.8 Å². The molecular weight excluding hydrogens is 445 g/mol. The van der Waals surface area contributed by atoms with Gasteiger partial charge in [-0.3, -0.25) is 4.79 Å². The topological polar surface area (TPSA) is 61.4 Å². The highest BCUT2D eigenvalue weighted by molar-refractivity contribution is 6.35. The summed E-state index contributed by atoms with van der Waals surface area (Å²) in [6, 6.07) is 13.4. The standard InChI is InChI=1S/C24H25Cl2N5O/c25-16-9-10-19(26)18(15-16)24(32)31-13-11-30(12-14-31)23-22(27-17-5-1-2-6-17)28-20-7-3-4-8-21(20)29-23/h3-4,7-10,15,17H,1-2,5-6,11-14H2,(H,27,28). The summed E-state index contributed by atoms with van der Waals surface area (Å²) in [7, 11) is 0. The molecule has 0 radical (unpaired) electrons. The zero-order valence-corrected chi connectivity index (χ0v) is 19.2. The summed E-state index contributed by atoms with van der Waals surface area (Å²) in [5.41, 5.74) is 2.21. The van der Waals surface area contributed by atoms with Crippen LogP contribution in [-0.4, -0.2) is 53.0 Å². The SMILES string of the molecule is O=C(c1cc(Cl)ccc1Cl)N1CCN(c2nc3ccccc3nc2NC2CCCC2)CC1. The molecular formula is C24H25Cl2N5O. The Morgan fingerprint density at radius 2 is 1.62 bits per heavy atom. The van der Waals surface area contributed by atoms with E-state index in [-0.39, 0.29) is 5.91 Å². The Kier molecular flexibility index (Phi) is 6.07. The Labute approximate surface area is 197 Å². The van der Waals surface area contributed by atoms with Gasteiger partial charge in [-0.25, -0.2) is 9.97 Å². The summed E-state index contributed by atoms with van der Waals surface area (Å²) >= 11 is 12.3. The molecule has 0 bridgehead atoms. The first-order valence-electron chi connectivity index (χ1n) is 11.1. The number of para-hydroxylation sites is 2. The molecule has 1 aliphatic heterocycles. The highest BCUT2D eigenvalue weighted by atomic mass is 35.5. The Hall–Kier alpha value is -2.57. The van der Waals surface area contributed by atoms with Crippen LogP contribution in [0.3, 0.4) is 0 Å². The predicted molar refractivity (Wildman–Crippen MR) is 130 cm³/mol. The molecule has 1 aromatic heterocycles. The number of rotatable bonds is 4. The molecule has 166 valence electrons. The summed E-state index contributed by atoms with van der Waals surface area (Å²) in [5, 5.41) is 4.57. The molecule has 2 heterocycles. The number of nitrogens with zero attached hydrogens (tertiary/aromatic N) is 4. The number of nitrogens with one attached hydrogen (secondary N) is 1. The van der Waals surface area contributed by atoms with E-state index in [0.29, 0.717) is 47.8 Å². The lowest BCUT2D eigenvalue weighted by atomic mass is 10.1. The van der Waals surface area contributed by atoms with Gasteiger partial charge in [0, 0.05) is 37.2 Å². The molecule has 0 spiro atoms. The van der Waals surface area contributed by atoms with E-state index < -0.39 is 0 Å². The van der Waals surface area contributed by atoms with Crippen LogP contribution in [0.5, 0.6) is 0 Å². The third-order valence-electron chi connectivity index (χ3n) is 6.27. The van der Waals surface area contributed by atoms with E-state index in [1.807, 2.05) is 29.2 Å². The van der Waals surface area contributed by atoms with Crippen molar-refractivity contribution in [2.75, 3.05) is 36.4 Å². The van der Waals surface area contributed by atoms with Gasteiger partial charge in [-0.1, -0.05) is 48.2 Å². The van der Waals surface area contributed by atoms with Crippen molar-refractivity contribution in [2.45, 2.75) is 31.7 Å². The van der Waals surface area contributed by atoms with Gasteiger partial charge < -0.3 is 15.1 Å². The molecule has 3 aromatic rings. The normalized spacial score (nSPS) is 17.2. The van der Waals surface area contributed by atoms with Crippen LogP contribution in [0, 0.1) is 0 Å². The van der Waals surface area contributed by atoms with Crippen LogP contribution < -0.4 is 10.2 Å². The molecule has 2 aromatic carbocycles. The summed E-state index contributed by atoms with van der Waals surface area (Å²) < 4.78 is 0. The number of hydrogen-bond donors (Lipinski definition) is 1. The Balaban J connectivity index is 1.37. The van der Waals surface area contributed by atoms with Crippen molar-refractivity contribution in [3.05, 3.63) is 58.1 Å². The highest BCUT2D eigenvalue weighted by Gasteiger charge is 2.27. The first kappa shape index (κ1) is 21.3.